The van der Waals surface area contributed by atoms with Crippen LogP contribution in [0.3, 0.4) is 0 Å². The molecule has 0 amide bonds. The third-order valence-electron chi connectivity index (χ3n) is 5.78. The van der Waals surface area contributed by atoms with Crippen LogP contribution < -0.4 is 5.32 Å². The Balaban J connectivity index is 1.57. The minimum atomic E-state index is 0.371. The van der Waals surface area contributed by atoms with E-state index in [0.717, 1.165) is 19.8 Å². The lowest BCUT2D eigenvalue weighted by Gasteiger charge is -2.56. The third-order valence-corrected chi connectivity index (χ3v) is 5.78. The quantitative estimate of drug-likeness (QED) is 0.839. The Hall–Kier alpha value is -0.120. The summed E-state index contributed by atoms with van der Waals surface area (Å²) in [5.41, 5.74) is 0.436. The first-order valence-electron chi connectivity index (χ1n) is 8.82. The molecule has 3 rings (SSSR count). The standard InChI is InChI=1S/C17H31NO2/c1-2-18-15-12-16(20-13-14-8-7-11-19-14)17(15)9-5-3-4-6-10-17/h14-16,18H,2-13H2,1H3. The van der Waals surface area contributed by atoms with Crippen molar-refractivity contribution in [1.29, 1.82) is 0 Å². The van der Waals surface area contributed by atoms with Crippen molar-refractivity contribution in [3.63, 3.8) is 0 Å². The minimum absolute atomic E-state index is 0.371. The van der Waals surface area contributed by atoms with Crippen LogP contribution in [-0.4, -0.2) is 38.0 Å². The molecule has 1 N–H and O–H groups in total. The van der Waals surface area contributed by atoms with Gasteiger partial charge in [0.15, 0.2) is 0 Å². The van der Waals surface area contributed by atoms with Crippen molar-refractivity contribution in [2.45, 2.75) is 83.0 Å². The van der Waals surface area contributed by atoms with Gasteiger partial charge in [-0.05, 0) is 38.6 Å². The first kappa shape index (κ1) is 14.8. The monoisotopic (exact) mass is 281 g/mol. The lowest BCUT2D eigenvalue weighted by atomic mass is 9.57. The zero-order valence-corrected chi connectivity index (χ0v) is 13.0. The summed E-state index contributed by atoms with van der Waals surface area (Å²) in [5, 5.41) is 3.72. The van der Waals surface area contributed by atoms with Crippen LogP contribution in [0, 0.1) is 5.41 Å². The van der Waals surface area contributed by atoms with Crippen LogP contribution in [0.15, 0.2) is 0 Å². The molecule has 0 aromatic carbocycles. The van der Waals surface area contributed by atoms with E-state index in [0.29, 0.717) is 23.7 Å². The fourth-order valence-corrected chi connectivity index (χ4v) is 4.57. The van der Waals surface area contributed by atoms with Crippen LogP contribution in [-0.2, 0) is 9.47 Å². The van der Waals surface area contributed by atoms with Crippen molar-refractivity contribution >= 4 is 0 Å². The van der Waals surface area contributed by atoms with Gasteiger partial charge >= 0.3 is 0 Å². The Morgan fingerprint density at radius 3 is 2.60 bits per heavy atom. The molecule has 0 aromatic heterocycles. The average molecular weight is 281 g/mol. The summed E-state index contributed by atoms with van der Waals surface area (Å²) in [6.07, 6.45) is 12.8. The lowest BCUT2D eigenvalue weighted by Crippen LogP contribution is -2.64. The fourth-order valence-electron chi connectivity index (χ4n) is 4.57. The molecule has 1 aliphatic heterocycles. The summed E-state index contributed by atoms with van der Waals surface area (Å²) in [4.78, 5) is 0. The smallest absolute Gasteiger partial charge is 0.0809 e. The molecule has 3 aliphatic rings. The fraction of sp³-hybridized carbons (Fsp3) is 1.00. The Morgan fingerprint density at radius 1 is 1.15 bits per heavy atom. The van der Waals surface area contributed by atoms with Crippen LogP contribution in [0.1, 0.15) is 64.7 Å². The second kappa shape index (κ2) is 6.76. The summed E-state index contributed by atoms with van der Waals surface area (Å²) in [5.74, 6) is 0. The van der Waals surface area contributed by atoms with Crippen molar-refractivity contribution in [3.05, 3.63) is 0 Å². The molecule has 3 heteroatoms. The van der Waals surface area contributed by atoms with Crippen molar-refractivity contribution in [1.82, 2.24) is 5.32 Å². The van der Waals surface area contributed by atoms with E-state index in [1.54, 1.807) is 0 Å². The number of hydrogen-bond acceptors (Lipinski definition) is 3. The normalized spacial score (nSPS) is 36.8. The maximum Gasteiger partial charge on any atom is 0.0809 e. The van der Waals surface area contributed by atoms with Gasteiger partial charge in [-0.3, -0.25) is 0 Å². The molecule has 3 nitrogen and oxygen atoms in total. The molecule has 1 spiro atoms. The first-order valence-corrected chi connectivity index (χ1v) is 8.82. The van der Waals surface area contributed by atoms with Gasteiger partial charge in [0, 0.05) is 18.1 Å². The largest absolute Gasteiger partial charge is 0.376 e. The first-order chi connectivity index (χ1) is 9.85. The van der Waals surface area contributed by atoms with E-state index in [1.807, 2.05) is 0 Å². The topological polar surface area (TPSA) is 30.5 Å². The molecule has 0 radical (unpaired) electrons. The number of nitrogens with one attached hydrogen (secondary N) is 1. The maximum atomic E-state index is 6.32. The molecule has 3 atom stereocenters. The molecule has 20 heavy (non-hydrogen) atoms. The molecule has 0 aromatic rings. The Labute approximate surface area is 123 Å². The van der Waals surface area contributed by atoms with Crippen LogP contribution in [0.5, 0.6) is 0 Å². The lowest BCUT2D eigenvalue weighted by molar-refractivity contribution is -0.158. The van der Waals surface area contributed by atoms with E-state index in [1.165, 1.54) is 57.8 Å². The van der Waals surface area contributed by atoms with Gasteiger partial charge in [0.05, 0.1) is 18.8 Å². The molecular formula is C17H31NO2. The highest BCUT2D eigenvalue weighted by atomic mass is 16.5. The molecular weight excluding hydrogens is 250 g/mol. The second-order valence-electron chi connectivity index (χ2n) is 6.95. The zero-order chi connectivity index (χ0) is 13.8. The summed E-state index contributed by atoms with van der Waals surface area (Å²) in [7, 11) is 0. The number of rotatable bonds is 5. The van der Waals surface area contributed by atoms with Crippen molar-refractivity contribution in [3.8, 4) is 0 Å². The second-order valence-corrected chi connectivity index (χ2v) is 6.95. The molecule has 3 unspecified atom stereocenters. The SMILES string of the molecule is CCNC1CC(OCC2CCCO2)C12CCCCCC2. The highest BCUT2D eigenvalue weighted by Gasteiger charge is 2.54. The van der Waals surface area contributed by atoms with Crippen LogP contribution in [0.4, 0.5) is 0 Å². The summed E-state index contributed by atoms with van der Waals surface area (Å²) in [6.45, 7) is 5.07. The summed E-state index contributed by atoms with van der Waals surface area (Å²) < 4.78 is 12.0. The van der Waals surface area contributed by atoms with E-state index in [2.05, 4.69) is 12.2 Å². The van der Waals surface area contributed by atoms with E-state index in [-0.39, 0.29) is 0 Å². The molecule has 2 saturated carbocycles. The third kappa shape index (κ3) is 2.90. The molecule has 3 fully saturated rings. The molecule has 2 aliphatic carbocycles. The predicted octanol–water partition coefficient (Wildman–Crippen LogP) is 3.27. The summed E-state index contributed by atoms with van der Waals surface area (Å²) >= 11 is 0. The van der Waals surface area contributed by atoms with Gasteiger partial charge in [0.2, 0.25) is 0 Å². The Bertz CT molecular complexity index is 293. The van der Waals surface area contributed by atoms with Gasteiger partial charge in [0.1, 0.15) is 0 Å². The zero-order valence-electron chi connectivity index (χ0n) is 13.0. The van der Waals surface area contributed by atoms with Crippen molar-refractivity contribution in [2.24, 2.45) is 5.41 Å². The average Bonchev–Trinajstić information content (AvgIpc) is 2.83. The van der Waals surface area contributed by atoms with E-state index >= 15 is 0 Å². The molecule has 1 saturated heterocycles. The molecule has 116 valence electrons. The molecule has 1 heterocycles. The van der Waals surface area contributed by atoms with E-state index in [9.17, 15) is 0 Å². The Morgan fingerprint density at radius 2 is 1.95 bits per heavy atom. The van der Waals surface area contributed by atoms with Gasteiger partial charge < -0.3 is 14.8 Å². The van der Waals surface area contributed by atoms with Crippen molar-refractivity contribution in [2.75, 3.05) is 19.8 Å². The van der Waals surface area contributed by atoms with Gasteiger partial charge in [-0.25, -0.2) is 0 Å². The summed E-state index contributed by atoms with van der Waals surface area (Å²) in [6, 6.07) is 0.695. The highest BCUT2D eigenvalue weighted by molar-refractivity contribution is 5.08. The van der Waals surface area contributed by atoms with Gasteiger partial charge in [-0.1, -0.05) is 32.6 Å². The number of ether oxygens (including phenoxy) is 2. The molecule has 0 bridgehead atoms. The Kier molecular flexibility index (Phi) is 5.00. The van der Waals surface area contributed by atoms with Gasteiger partial charge in [-0.15, -0.1) is 0 Å². The van der Waals surface area contributed by atoms with Crippen molar-refractivity contribution < 1.29 is 9.47 Å². The minimum Gasteiger partial charge on any atom is -0.376 e. The predicted molar refractivity (Wildman–Crippen MR) is 80.9 cm³/mol. The van der Waals surface area contributed by atoms with E-state index < -0.39 is 0 Å². The van der Waals surface area contributed by atoms with Gasteiger partial charge in [-0.2, -0.15) is 0 Å². The highest BCUT2D eigenvalue weighted by Crippen LogP contribution is 2.52. The van der Waals surface area contributed by atoms with E-state index in [4.69, 9.17) is 9.47 Å². The maximum absolute atomic E-state index is 6.32. The van der Waals surface area contributed by atoms with Crippen LogP contribution in [0.25, 0.3) is 0 Å². The number of hydrogen-bond donors (Lipinski definition) is 1. The van der Waals surface area contributed by atoms with Gasteiger partial charge in [0.25, 0.3) is 0 Å². The van der Waals surface area contributed by atoms with Crippen LogP contribution in [0.2, 0.25) is 0 Å². The van der Waals surface area contributed by atoms with Crippen LogP contribution >= 0.6 is 0 Å².